The monoisotopic (exact) mass is 569 g/mol. The first-order valence-electron chi connectivity index (χ1n) is 12.0. The van der Waals surface area contributed by atoms with Gasteiger partial charge in [-0.05, 0) is 51.0 Å². The molecule has 1 fully saturated rings. The summed E-state index contributed by atoms with van der Waals surface area (Å²) >= 11 is 0. The van der Waals surface area contributed by atoms with Crippen molar-refractivity contribution in [2.45, 2.75) is 50.2 Å². The fourth-order valence-corrected chi connectivity index (χ4v) is 6.81. The highest BCUT2D eigenvalue weighted by atomic mass is 32.2. The molecular formula is C25H27F4N5O4S. The molecule has 0 amide bonds. The SMILES string of the molecule is COC(=O)[C@]1(Cc2nc(Nc3cc(C)[nH]n3)ccc2F)CCN(S(=O)(=O)c2ccccc2C(F)(F)F)[C@H](C)C1. The van der Waals surface area contributed by atoms with Crippen LogP contribution in [-0.4, -0.2) is 53.6 Å². The number of halogens is 4. The van der Waals surface area contributed by atoms with E-state index in [9.17, 15) is 30.8 Å². The molecular weight excluding hydrogens is 542 g/mol. The van der Waals surface area contributed by atoms with E-state index in [0.717, 1.165) is 22.1 Å². The van der Waals surface area contributed by atoms with Gasteiger partial charge >= 0.3 is 12.1 Å². The Morgan fingerprint density at radius 3 is 2.56 bits per heavy atom. The van der Waals surface area contributed by atoms with E-state index in [1.165, 1.54) is 32.2 Å². The van der Waals surface area contributed by atoms with Crippen LogP contribution in [0.15, 0.2) is 47.4 Å². The minimum absolute atomic E-state index is 0.0522. The molecule has 2 aromatic heterocycles. The lowest BCUT2D eigenvalue weighted by atomic mass is 9.73. The number of H-pyrrole nitrogens is 1. The molecule has 39 heavy (non-hydrogen) atoms. The number of nitrogens with zero attached hydrogens (tertiary/aromatic N) is 3. The largest absolute Gasteiger partial charge is 0.469 e. The lowest BCUT2D eigenvalue weighted by Gasteiger charge is -2.43. The highest BCUT2D eigenvalue weighted by molar-refractivity contribution is 7.89. The summed E-state index contributed by atoms with van der Waals surface area (Å²) < 4.78 is 88.3. The van der Waals surface area contributed by atoms with Crippen molar-refractivity contribution in [3.63, 3.8) is 0 Å². The van der Waals surface area contributed by atoms with Gasteiger partial charge in [0.2, 0.25) is 10.0 Å². The maximum Gasteiger partial charge on any atom is 0.417 e. The second-order valence-corrected chi connectivity index (χ2v) is 11.4. The van der Waals surface area contributed by atoms with Crippen molar-refractivity contribution in [1.82, 2.24) is 19.5 Å². The molecule has 0 aliphatic carbocycles. The highest BCUT2D eigenvalue weighted by Gasteiger charge is 2.49. The fourth-order valence-electron chi connectivity index (χ4n) is 4.97. The van der Waals surface area contributed by atoms with Gasteiger partial charge in [0.1, 0.15) is 11.6 Å². The maximum atomic E-state index is 14.9. The van der Waals surface area contributed by atoms with Crippen molar-refractivity contribution < 1.29 is 35.5 Å². The van der Waals surface area contributed by atoms with Crippen LogP contribution < -0.4 is 5.32 Å². The van der Waals surface area contributed by atoms with Crippen molar-refractivity contribution >= 4 is 27.6 Å². The smallest absolute Gasteiger partial charge is 0.417 e. The zero-order valence-electron chi connectivity index (χ0n) is 21.3. The molecule has 1 aliphatic heterocycles. The third kappa shape index (κ3) is 5.76. The first-order chi connectivity index (χ1) is 18.3. The van der Waals surface area contributed by atoms with Gasteiger partial charge in [0.25, 0.3) is 0 Å². The Kier molecular flexibility index (Phi) is 7.72. The minimum atomic E-state index is -4.88. The Labute approximate surface area is 222 Å². The lowest BCUT2D eigenvalue weighted by molar-refractivity contribution is -0.156. The average Bonchev–Trinajstić information content (AvgIpc) is 3.29. The molecule has 3 aromatic rings. The molecule has 9 nitrogen and oxygen atoms in total. The van der Waals surface area contributed by atoms with E-state index in [1.807, 2.05) is 0 Å². The summed E-state index contributed by atoms with van der Waals surface area (Å²) in [7, 11) is -3.41. The summed E-state index contributed by atoms with van der Waals surface area (Å²) in [6.45, 7) is 3.01. The summed E-state index contributed by atoms with van der Waals surface area (Å²) in [5, 5.41) is 9.75. The summed E-state index contributed by atoms with van der Waals surface area (Å²) in [4.78, 5) is 16.5. The first-order valence-corrected chi connectivity index (χ1v) is 13.4. The number of benzene rings is 1. The standard InChI is InChI=1S/C25H27F4N5O4S/c1-15-12-22(33-32-15)31-21-9-8-18(26)19(30-21)14-24(23(35)38-3)10-11-34(16(2)13-24)39(36,37)20-7-5-4-6-17(20)25(27,28)29/h4-9,12,16H,10-11,13-14H2,1-3H3,(H2,30,31,32,33)/t16-,24-/m1/s1. The molecule has 14 heteroatoms. The molecule has 0 saturated carbocycles. The van der Waals surface area contributed by atoms with Gasteiger partial charge < -0.3 is 10.1 Å². The van der Waals surface area contributed by atoms with Gasteiger partial charge in [-0.2, -0.15) is 22.6 Å². The van der Waals surface area contributed by atoms with Crippen molar-refractivity contribution in [2.75, 3.05) is 19.0 Å². The molecule has 1 saturated heterocycles. The number of nitrogens with one attached hydrogen (secondary N) is 2. The molecule has 2 N–H and O–H groups in total. The van der Waals surface area contributed by atoms with Gasteiger partial charge in [-0.15, -0.1) is 0 Å². The number of hydrogen-bond acceptors (Lipinski definition) is 7. The van der Waals surface area contributed by atoms with Crippen LogP contribution in [0.25, 0.3) is 0 Å². The van der Waals surface area contributed by atoms with Gasteiger partial charge in [0.15, 0.2) is 5.82 Å². The Morgan fingerprint density at radius 1 is 1.23 bits per heavy atom. The van der Waals surface area contributed by atoms with Crippen molar-refractivity contribution in [3.8, 4) is 0 Å². The second-order valence-electron chi connectivity index (χ2n) is 9.55. The number of sulfonamides is 1. The maximum absolute atomic E-state index is 14.9. The molecule has 210 valence electrons. The number of carbonyl (C=O) groups excluding carboxylic acids is 1. The predicted octanol–water partition coefficient (Wildman–Crippen LogP) is 4.59. The number of aromatic nitrogens is 3. The van der Waals surface area contributed by atoms with E-state index >= 15 is 0 Å². The number of esters is 1. The van der Waals surface area contributed by atoms with Crippen LogP contribution in [-0.2, 0) is 32.2 Å². The van der Waals surface area contributed by atoms with Crippen molar-refractivity contribution in [2.24, 2.45) is 5.41 Å². The number of piperidine rings is 1. The lowest BCUT2D eigenvalue weighted by Crippen LogP contribution is -2.52. The van der Waals surface area contributed by atoms with Gasteiger partial charge in [0, 0.05) is 30.8 Å². The van der Waals surface area contributed by atoms with Crippen molar-refractivity contribution in [3.05, 3.63) is 65.2 Å². The Bertz CT molecular complexity index is 1480. The van der Waals surface area contributed by atoms with Crippen LogP contribution in [0.4, 0.5) is 29.2 Å². The van der Waals surface area contributed by atoms with E-state index in [-0.39, 0.29) is 37.3 Å². The summed E-state index contributed by atoms with van der Waals surface area (Å²) in [6.07, 6.45) is -5.33. The van der Waals surface area contributed by atoms with E-state index in [0.29, 0.717) is 11.9 Å². The van der Waals surface area contributed by atoms with Crippen LogP contribution in [0.5, 0.6) is 0 Å². The molecule has 2 atom stereocenters. The van der Waals surface area contributed by atoms with E-state index < -0.39 is 49.9 Å². The van der Waals surface area contributed by atoms with Crippen LogP contribution >= 0.6 is 0 Å². The number of aryl methyl sites for hydroxylation is 1. The number of rotatable bonds is 7. The Hall–Kier alpha value is -3.52. The van der Waals surface area contributed by atoms with E-state index in [1.54, 1.807) is 13.0 Å². The molecule has 0 radical (unpaired) electrons. The zero-order chi connectivity index (χ0) is 28.6. The number of methoxy groups -OCH3 is 1. The number of anilines is 2. The quantitative estimate of drug-likeness (QED) is 0.316. The van der Waals surface area contributed by atoms with E-state index in [2.05, 4.69) is 20.5 Å². The van der Waals surface area contributed by atoms with Gasteiger partial charge in [-0.1, -0.05) is 12.1 Å². The number of alkyl halides is 3. The summed E-state index contributed by atoms with van der Waals surface area (Å²) in [6, 6.07) is 7.36. The molecule has 0 bridgehead atoms. The third-order valence-electron chi connectivity index (χ3n) is 6.77. The number of ether oxygens (including phenoxy) is 1. The molecule has 0 spiro atoms. The fraction of sp³-hybridized carbons (Fsp3) is 0.400. The minimum Gasteiger partial charge on any atom is -0.469 e. The summed E-state index contributed by atoms with van der Waals surface area (Å²) in [5.41, 5.74) is -1.90. The van der Waals surface area contributed by atoms with E-state index in [4.69, 9.17) is 4.74 Å². The molecule has 1 aliphatic rings. The molecule has 1 aromatic carbocycles. The number of hydrogen-bond donors (Lipinski definition) is 2. The van der Waals surface area contributed by atoms with Crippen LogP contribution in [0.1, 0.15) is 36.7 Å². The topological polar surface area (TPSA) is 117 Å². The van der Waals surface area contributed by atoms with Gasteiger partial charge in [-0.3, -0.25) is 9.89 Å². The molecule has 4 rings (SSSR count). The first kappa shape index (κ1) is 28.5. The summed E-state index contributed by atoms with van der Waals surface area (Å²) in [5.74, 6) is -0.644. The zero-order valence-corrected chi connectivity index (χ0v) is 22.2. The number of pyridine rings is 1. The Morgan fingerprint density at radius 2 is 1.95 bits per heavy atom. The Balaban J connectivity index is 1.63. The highest BCUT2D eigenvalue weighted by Crippen LogP contribution is 2.43. The normalized spacial score (nSPS) is 20.5. The number of aromatic amines is 1. The van der Waals surface area contributed by atoms with Crippen molar-refractivity contribution in [1.29, 1.82) is 0 Å². The third-order valence-corrected chi connectivity index (χ3v) is 8.84. The molecule has 3 heterocycles. The van der Waals surface area contributed by atoms with Crippen LogP contribution in [0, 0.1) is 18.2 Å². The molecule has 0 unspecified atom stereocenters. The van der Waals surface area contributed by atoms with Crippen LogP contribution in [0.3, 0.4) is 0 Å². The number of carbonyl (C=O) groups is 1. The second kappa shape index (κ2) is 10.6. The predicted molar refractivity (Wildman–Crippen MR) is 133 cm³/mol. The van der Waals surface area contributed by atoms with Crippen LogP contribution in [0.2, 0.25) is 0 Å². The average molecular weight is 570 g/mol. The van der Waals surface area contributed by atoms with Gasteiger partial charge in [-0.25, -0.2) is 17.8 Å². The van der Waals surface area contributed by atoms with Gasteiger partial charge in [0.05, 0.1) is 28.7 Å².